The molecule has 0 aliphatic carbocycles. The molecule has 6 heteroatoms. The highest BCUT2D eigenvalue weighted by Gasteiger charge is 2.30. The van der Waals surface area contributed by atoms with Gasteiger partial charge in [0.2, 0.25) is 0 Å². The van der Waals surface area contributed by atoms with Crippen LogP contribution in [-0.4, -0.2) is 0 Å². The number of nitrogens with one attached hydrogen (secondary N) is 2. The van der Waals surface area contributed by atoms with E-state index < -0.39 is 5.41 Å². The van der Waals surface area contributed by atoms with E-state index in [1.807, 2.05) is 73.0 Å². The predicted octanol–water partition coefficient (Wildman–Crippen LogP) is 7.38. The van der Waals surface area contributed by atoms with E-state index in [1.54, 1.807) is 24.3 Å². The van der Waals surface area contributed by atoms with Gasteiger partial charge in [-0.3, -0.25) is 10.6 Å². The van der Waals surface area contributed by atoms with Crippen LogP contribution in [0.4, 0.5) is 11.4 Å². The van der Waals surface area contributed by atoms with Crippen molar-refractivity contribution in [3.63, 3.8) is 0 Å². The van der Waals surface area contributed by atoms with E-state index in [0.717, 1.165) is 22.6 Å². The van der Waals surface area contributed by atoms with Crippen molar-refractivity contribution in [1.29, 1.82) is 10.5 Å². The van der Waals surface area contributed by atoms with Gasteiger partial charge in [-0.15, -0.1) is 0 Å². The highest BCUT2D eigenvalue weighted by Crippen LogP contribution is 2.43. The first-order chi connectivity index (χ1) is 17.0. The molecule has 0 unspecified atom stereocenters. The molecule has 0 bridgehead atoms. The second-order valence-corrected chi connectivity index (χ2v) is 8.34. The number of nitrogens with zero attached hydrogens (tertiary/aromatic N) is 2. The standard InChI is InChI=1S/C29H24N4O2/c1-29(2,25-7-3-5-9-27(25)34-23-15-11-21(12-16-23)32-19-30)26-8-4-6-10-28(26)35-24-17-13-22(14-18-24)33-20-31/h3-18,32-33H,1-2H3. The quantitative estimate of drug-likeness (QED) is 0.211. The Kier molecular flexibility index (Phi) is 6.86. The topological polar surface area (TPSA) is 90.1 Å². The maximum atomic E-state index is 8.79. The summed E-state index contributed by atoms with van der Waals surface area (Å²) in [6.45, 7) is 4.27. The van der Waals surface area contributed by atoms with Crippen LogP contribution in [0, 0.1) is 22.9 Å². The van der Waals surface area contributed by atoms with E-state index in [1.165, 1.54) is 0 Å². The van der Waals surface area contributed by atoms with Crippen molar-refractivity contribution in [2.24, 2.45) is 0 Å². The van der Waals surface area contributed by atoms with Crippen LogP contribution in [0.25, 0.3) is 0 Å². The number of nitriles is 2. The first-order valence-corrected chi connectivity index (χ1v) is 11.1. The Bertz CT molecular complexity index is 1280. The highest BCUT2D eigenvalue weighted by molar-refractivity contribution is 5.55. The lowest BCUT2D eigenvalue weighted by molar-refractivity contribution is 0.445. The molecule has 0 saturated heterocycles. The maximum Gasteiger partial charge on any atom is 0.181 e. The molecule has 0 aliphatic rings. The fraction of sp³-hybridized carbons (Fsp3) is 0.103. The summed E-state index contributed by atoms with van der Waals surface area (Å²) in [7, 11) is 0. The zero-order valence-electron chi connectivity index (χ0n) is 19.4. The number of hydrogen-bond donors (Lipinski definition) is 2. The zero-order valence-corrected chi connectivity index (χ0v) is 19.4. The van der Waals surface area contributed by atoms with Gasteiger partial charge < -0.3 is 9.47 Å². The molecule has 0 amide bonds. The predicted molar refractivity (Wildman–Crippen MR) is 137 cm³/mol. The number of benzene rings is 4. The maximum absolute atomic E-state index is 8.79. The molecule has 6 nitrogen and oxygen atoms in total. The first kappa shape index (κ1) is 23.2. The monoisotopic (exact) mass is 460 g/mol. The van der Waals surface area contributed by atoms with Gasteiger partial charge in [0.15, 0.2) is 12.4 Å². The van der Waals surface area contributed by atoms with Gasteiger partial charge in [0.1, 0.15) is 23.0 Å². The molecule has 0 aromatic heterocycles. The minimum Gasteiger partial charge on any atom is -0.457 e. The third-order valence-corrected chi connectivity index (χ3v) is 5.69. The fourth-order valence-electron chi connectivity index (χ4n) is 3.88. The van der Waals surface area contributed by atoms with Crippen molar-refractivity contribution in [2.75, 3.05) is 10.6 Å². The van der Waals surface area contributed by atoms with Gasteiger partial charge in [0.25, 0.3) is 0 Å². The Hall–Kier alpha value is -4.94. The summed E-state index contributed by atoms with van der Waals surface area (Å²) in [4.78, 5) is 0. The summed E-state index contributed by atoms with van der Waals surface area (Å²) < 4.78 is 12.5. The van der Waals surface area contributed by atoms with Gasteiger partial charge in [-0.2, -0.15) is 10.5 Å². The van der Waals surface area contributed by atoms with Gasteiger partial charge in [-0.25, -0.2) is 0 Å². The lowest BCUT2D eigenvalue weighted by Crippen LogP contribution is -2.20. The SMILES string of the molecule is CC(C)(c1ccccc1Oc1ccc(NC#N)cc1)c1ccccc1Oc1ccc(NC#N)cc1. The van der Waals surface area contributed by atoms with Gasteiger partial charge >= 0.3 is 0 Å². The van der Waals surface area contributed by atoms with Crippen molar-refractivity contribution in [1.82, 2.24) is 0 Å². The molecule has 4 aromatic carbocycles. The smallest absolute Gasteiger partial charge is 0.181 e. The van der Waals surface area contributed by atoms with Crippen LogP contribution < -0.4 is 20.1 Å². The summed E-state index contributed by atoms with van der Waals surface area (Å²) in [5.41, 5.74) is 2.97. The van der Waals surface area contributed by atoms with Crippen molar-refractivity contribution < 1.29 is 9.47 Å². The molecule has 0 saturated carbocycles. The number of ether oxygens (including phenoxy) is 2. The molecular weight excluding hydrogens is 436 g/mol. The molecule has 0 radical (unpaired) electrons. The summed E-state index contributed by atoms with van der Waals surface area (Å²) in [6.07, 6.45) is 3.83. The summed E-state index contributed by atoms with van der Waals surface area (Å²) >= 11 is 0. The average Bonchev–Trinajstić information content (AvgIpc) is 2.87. The van der Waals surface area contributed by atoms with Gasteiger partial charge in [-0.05, 0) is 60.7 Å². The van der Waals surface area contributed by atoms with Crippen molar-refractivity contribution >= 4 is 11.4 Å². The van der Waals surface area contributed by atoms with Crippen LogP contribution in [0.1, 0.15) is 25.0 Å². The minimum atomic E-state index is -0.447. The van der Waals surface area contributed by atoms with Crippen molar-refractivity contribution in [2.45, 2.75) is 19.3 Å². The lowest BCUT2D eigenvalue weighted by atomic mass is 9.77. The number of rotatable bonds is 8. The van der Waals surface area contributed by atoms with Crippen LogP contribution in [-0.2, 0) is 5.41 Å². The number of anilines is 2. The Balaban J connectivity index is 1.64. The molecule has 0 atom stereocenters. The van der Waals surface area contributed by atoms with Gasteiger partial charge in [-0.1, -0.05) is 50.2 Å². The average molecular weight is 461 g/mol. The number of hydrogen-bond acceptors (Lipinski definition) is 6. The largest absolute Gasteiger partial charge is 0.457 e. The van der Waals surface area contributed by atoms with E-state index in [4.69, 9.17) is 20.0 Å². The van der Waals surface area contributed by atoms with E-state index in [0.29, 0.717) is 22.9 Å². The van der Waals surface area contributed by atoms with Crippen LogP contribution in [0.5, 0.6) is 23.0 Å². The molecule has 0 spiro atoms. The van der Waals surface area contributed by atoms with E-state index in [9.17, 15) is 0 Å². The molecule has 35 heavy (non-hydrogen) atoms. The van der Waals surface area contributed by atoms with Gasteiger partial charge in [0.05, 0.1) is 0 Å². The van der Waals surface area contributed by atoms with Gasteiger partial charge in [0, 0.05) is 27.9 Å². The van der Waals surface area contributed by atoms with E-state index >= 15 is 0 Å². The molecule has 172 valence electrons. The summed E-state index contributed by atoms with van der Waals surface area (Å²) in [5, 5.41) is 22.8. The Labute approximate surface area is 205 Å². The molecule has 0 heterocycles. The second-order valence-electron chi connectivity index (χ2n) is 8.34. The molecule has 4 rings (SSSR count). The Morgan fingerprint density at radius 3 is 1.31 bits per heavy atom. The summed E-state index contributed by atoms with van der Waals surface area (Å²) in [5.74, 6) is 2.82. The normalized spacial score (nSPS) is 10.5. The Morgan fingerprint density at radius 1 is 0.571 bits per heavy atom. The van der Waals surface area contributed by atoms with E-state index in [-0.39, 0.29) is 0 Å². The Morgan fingerprint density at radius 2 is 0.943 bits per heavy atom. The van der Waals surface area contributed by atoms with Crippen LogP contribution in [0.3, 0.4) is 0 Å². The van der Waals surface area contributed by atoms with Crippen LogP contribution in [0.15, 0.2) is 97.1 Å². The lowest BCUT2D eigenvalue weighted by Gasteiger charge is -2.30. The zero-order chi connectivity index (χ0) is 24.7. The second kappa shape index (κ2) is 10.3. The fourth-order valence-corrected chi connectivity index (χ4v) is 3.88. The molecule has 0 fully saturated rings. The molecule has 0 aliphatic heterocycles. The van der Waals surface area contributed by atoms with Crippen LogP contribution in [0.2, 0.25) is 0 Å². The summed E-state index contributed by atoms with van der Waals surface area (Å²) in [6, 6.07) is 30.4. The van der Waals surface area contributed by atoms with Crippen LogP contribution >= 0.6 is 0 Å². The third-order valence-electron chi connectivity index (χ3n) is 5.69. The minimum absolute atomic E-state index is 0.447. The third kappa shape index (κ3) is 5.35. The van der Waals surface area contributed by atoms with Crippen molar-refractivity contribution in [3.8, 4) is 35.4 Å². The molecular formula is C29H24N4O2. The van der Waals surface area contributed by atoms with E-state index in [2.05, 4.69) is 36.6 Å². The van der Waals surface area contributed by atoms with Crippen molar-refractivity contribution in [3.05, 3.63) is 108 Å². The molecule has 4 aromatic rings. The number of para-hydroxylation sites is 2. The molecule has 2 N–H and O–H groups in total. The highest BCUT2D eigenvalue weighted by atomic mass is 16.5. The first-order valence-electron chi connectivity index (χ1n) is 11.1.